The highest BCUT2D eigenvalue weighted by molar-refractivity contribution is 5.51. The van der Waals surface area contributed by atoms with Gasteiger partial charge in [-0.25, -0.2) is 0 Å². The third-order valence-corrected chi connectivity index (χ3v) is 4.11. The number of hydrogen-bond acceptors (Lipinski definition) is 7. The topological polar surface area (TPSA) is 82.4 Å². The Kier molecular flexibility index (Phi) is 4.14. The van der Waals surface area contributed by atoms with E-state index in [0.717, 1.165) is 30.8 Å². The van der Waals surface area contributed by atoms with Crippen molar-refractivity contribution >= 4 is 0 Å². The lowest BCUT2D eigenvalue weighted by Gasteiger charge is -2.31. The first-order chi connectivity index (χ1) is 11.8. The number of nitrogens with zero attached hydrogens (tertiary/aromatic N) is 5. The first-order valence-electron chi connectivity index (χ1n) is 8.03. The van der Waals surface area contributed by atoms with E-state index in [-0.39, 0.29) is 6.10 Å². The second kappa shape index (κ2) is 6.58. The molecule has 1 aliphatic heterocycles. The molecule has 1 saturated heterocycles. The number of ether oxygens (including phenoxy) is 1. The highest BCUT2D eigenvalue weighted by Crippen LogP contribution is 2.23. The van der Waals surface area contributed by atoms with E-state index in [0.29, 0.717) is 24.9 Å². The summed E-state index contributed by atoms with van der Waals surface area (Å²) in [6.45, 7) is 5.81. The summed E-state index contributed by atoms with van der Waals surface area (Å²) in [5.74, 6) is 1.14. The third kappa shape index (κ3) is 3.10. The molecule has 1 fully saturated rings. The van der Waals surface area contributed by atoms with Crippen molar-refractivity contribution in [3.05, 3.63) is 42.4 Å². The Morgan fingerprint density at radius 3 is 3.12 bits per heavy atom. The molecule has 3 aromatic rings. The lowest BCUT2D eigenvalue weighted by Crippen LogP contribution is -2.37. The van der Waals surface area contributed by atoms with E-state index in [1.807, 2.05) is 23.1 Å². The van der Waals surface area contributed by atoms with Gasteiger partial charge in [0.2, 0.25) is 11.7 Å². The molecule has 126 valence electrons. The van der Waals surface area contributed by atoms with Gasteiger partial charge in [0.15, 0.2) is 0 Å². The maximum Gasteiger partial charge on any atom is 0.241 e. The smallest absolute Gasteiger partial charge is 0.241 e. The molecule has 0 aromatic carbocycles. The normalized spacial score (nSPS) is 19.0. The molecule has 1 atom stereocenters. The number of aryl methyl sites for hydroxylation is 1. The summed E-state index contributed by atoms with van der Waals surface area (Å²) in [5, 5.41) is 8.32. The van der Waals surface area contributed by atoms with Crippen molar-refractivity contribution < 1.29 is 13.7 Å². The molecule has 0 spiro atoms. The van der Waals surface area contributed by atoms with Crippen LogP contribution >= 0.6 is 0 Å². The molecule has 0 radical (unpaired) electrons. The molecule has 1 aliphatic rings. The van der Waals surface area contributed by atoms with Crippen molar-refractivity contribution in [3.8, 4) is 11.4 Å². The monoisotopic (exact) mass is 329 g/mol. The summed E-state index contributed by atoms with van der Waals surface area (Å²) in [6.07, 6.45) is 7.13. The van der Waals surface area contributed by atoms with E-state index >= 15 is 0 Å². The van der Waals surface area contributed by atoms with Crippen LogP contribution in [0.2, 0.25) is 0 Å². The second-order valence-electron chi connectivity index (χ2n) is 5.75. The highest BCUT2D eigenvalue weighted by atomic mass is 16.5. The lowest BCUT2D eigenvalue weighted by molar-refractivity contribution is -0.0356. The van der Waals surface area contributed by atoms with Crippen LogP contribution in [0.4, 0.5) is 0 Å². The fraction of sp³-hybridized carbons (Fsp3) is 0.438. The summed E-state index contributed by atoms with van der Waals surface area (Å²) in [7, 11) is 0. The number of rotatable bonds is 5. The number of hydrogen-bond donors (Lipinski definition) is 0. The van der Waals surface area contributed by atoms with Gasteiger partial charge in [0.1, 0.15) is 6.26 Å². The van der Waals surface area contributed by atoms with Gasteiger partial charge in [-0.3, -0.25) is 9.58 Å². The number of furan rings is 1. The van der Waals surface area contributed by atoms with Crippen LogP contribution in [0.5, 0.6) is 0 Å². The van der Waals surface area contributed by atoms with E-state index in [2.05, 4.69) is 27.1 Å². The van der Waals surface area contributed by atoms with Crippen LogP contribution in [0.15, 0.2) is 39.9 Å². The Morgan fingerprint density at radius 1 is 1.38 bits per heavy atom. The van der Waals surface area contributed by atoms with E-state index in [4.69, 9.17) is 13.7 Å². The lowest BCUT2D eigenvalue weighted by atomic mass is 10.1. The van der Waals surface area contributed by atoms with Crippen molar-refractivity contribution in [2.75, 3.05) is 19.7 Å². The van der Waals surface area contributed by atoms with Gasteiger partial charge in [-0.2, -0.15) is 10.1 Å². The summed E-state index contributed by atoms with van der Waals surface area (Å²) >= 11 is 0. The van der Waals surface area contributed by atoms with E-state index in [1.54, 1.807) is 12.5 Å². The fourth-order valence-corrected chi connectivity index (χ4v) is 2.79. The molecule has 8 heteroatoms. The molecule has 0 amide bonds. The average molecular weight is 329 g/mol. The first-order valence-corrected chi connectivity index (χ1v) is 8.03. The van der Waals surface area contributed by atoms with Gasteiger partial charge in [0, 0.05) is 31.4 Å². The maximum absolute atomic E-state index is 5.88. The van der Waals surface area contributed by atoms with Crippen LogP contribution in [0.1, 0.15) is 24.5 Å². The van der Waals surface area contributed by atoms with E-state index in [9.17, 15) is 0 Å². The molecule has 3 aromatic heterocycles. The van der Waals surface area contributed by atoms with Gasteiger partial charge < -0.3 is 13.7 Å². The van der Waals surface area contributed by atoms with Gasteiger partial charge in [-0.15, -0.1) is 0 Å². The second-order valence-corrected chi connectivity index (χ2v) is 5.75. The van der Waals surface area contributed by atoms with Crippen molar-refractivity contribution in [1.82, 2.24) is 24.8 Å². The minimum Gasteiger partial charge on any atom is -0.472 e. The molecule has 0 bridgehead atoms. The molecular formula is C16H19N5O3. The molecule has 1 unspecified atom stereocenters. The predicted molar refractivity (Wildman–Crippen MR) is 83.9 cm³/mol. The summed E-state index contributed by atoms with van der Waals surface area (Å²) in [4.78, 5) is 6.68. The Balaban J connectivity index is 1.41. The summed E-state index contributed by atoms with van der Waals surface area (Å²) in [6, 6.07) is 1.81. The Morgan fingerprint density at radius 2 is 2.33 bits per heavy atom. The van der Waals surface area contributed by atoms with Gasteiger partial charge in [0.05, 0.1) is 37.3 Å². The molecule has 0 aliphatic carbocycles. The zero-order valence-corrected chi connectivity index (χ0v) is 13.5. The van der Waals surface area contributed by atoms with Crippen LogP contribution in [-0.2, 0) is 17.8 Å². The first kappa shape index (κ1) is 15.1. The highest BCUT2D eigenvalue weighted by Gasteiger charge is 2.24. The zero-order chi connectivity index (χ0) is 16.4. The van der Waals surface area contributed by atoms with Crippen LogP contribution in [0, 0.1) is 0 Å². The van der Waals surface area contributed by atoms with Crippen LogP contribution in [0.25, 0.3) is 11.4 Å². The van der Waals surface area contributed by atoms with Crippen molar-refractivity contribution in [2.45, 2.75) is 26.1 Å². The van der Waals surface area contributed by atoms with Crippen LogP contribution < -0.4 is 0 Å². The molecular weight excluding hydrogens is 310 g/mol. The minimum atomic E-state index is 0.0234. The standard InChI is InChI=1S/C16H19N5O3/c1-2-21-8-13(7-17-21)14-9-20(4-6-23-14)10-15-18-16(19-24-15)12-3-5-22-11-12/h3,5,7-8,11,14H,2,4,6,9-10H2,1H3. The number of morpholine rings is 1. The quantitative estimate of drug-likeness (QED) is 0.709. The zero-order valence-electron chi connectivity index (χ0n) is 13.5. The third-order valence-electron chi connectivity index (χ3n) is 4.11. The Hall–Kier alpha value is -2.45. The van der Waals surface area contributed by atoms with Crippen LogP contribution in [-0.4, -0.2) is 44.5 Å². The van der Waals surface area contributed by atoms with Gasteiger partial charge in [-0.1, -0.05) is 5.16 Å². The average Bonchev–Trinajstić information content (AvgIpc) is 3.36. The molecule has 4 heterocycles. The van der Waals surface area contributed by atoms with Crippen molar-refractivity contribution in [3.63, 3.8) is 0 Å². The molecule has 24 heavy (non-hydrogen) atoms. The maximum atomic E-state index is 5.88. The molecule has 0 N–H and O–H groups in total. The summed E-state index contributed by atoms with van der Waals surface area (Å²) in [5.41, 5.74) is 1.92. The van der Waals surface area contributed by atoms with Crippen LogP contribution in [0.3, 0.4) is 0 Å². The predicted octanol–water partition coefficient (Wildman–Crippen LogP) is 2.12. The van der Waals surface area contributed by atoms with Crippen molar-refractivity contribution in [1.29, 1.82) is 0 Å². The minimum absolute atomic E-state index is 0.0234. The largest absolute Gasteiger partial charge is 0.472 e. The summed E-state index contributed by atoms with van der Waals surface area (Å²) < 4.78 is 18.2. The molecule has 4 rings (SSSR count). The van der Waals surface area contributed by atoms with E-state index in [1.165, 1.54) is 0 Å². The fourth-order valence-electron chi connectivity index (χ4n) is 2.79. The van der Waals surface area contributed by atoms with Crippen molar-refractivity contribution in [2.24, 2.45) is 0 Å². The SMILES string of the molecule is CCn1cc(C2CN(Cc3nc(-c4ccoc4)no3)CCO2)cn1. The Bertz CT molecular complexity index is 779. The van der Waals surface area contributed by atoms with E-state index < -0.39 is 0 Å². The van der Waals surface area contributed by atoms with Gasteiger partial charge in [-0.05, 0) is 13.0 Å². The Labute approximate surface area is 139 Å². The molecule has 0 saturated carbocycles. The van der Waals surface area contributed by atoms with Gasteiger partial charge >= 0.3 is 0 Å². The molecule has 8 nitrogen and oxygen atoms in total. The number of aromatic nitrogens is 4. The van der Waals surface area contributed by atoms with Gasteiger partial charge in [0.25, 0.3) is 0 Å².